The zero-order chi connectivity index (χ0) is 13.9. The van der Waals surface area contributed by atoms with E-state index in [0.717, 1.165) is 12.1 Å². The Hall–Kier alpha value is -2.11. The summed E-state index contributed by atoms with van der Waals surface area (Å²) in [6.45, 7) is 1.81. The Kier molecular flexibility index (Phi) is 3.69. The van der Waals surface area contributed by atoms with Gasteiger partial charge in [0.2, 0.25) is 0 Å². The van der Waals surface area contributed by atoms with Crippen LogP contribution in [0.25, 0.3) is 0 Å². The highest BCUT2D eigenvalue weighted by Crippen LogP contribution is 2.31. The molecule has 0 bridgehead atoms. The highest BCUT2D eigenvalue weighted by Gasteiger charge is 2.30. The van der Waals surface area contributed by atoms with E-state index in [2.05, 4.69) is 15.3 Å². The lowest BCUT2D eigenvalue weighted by Crippen LogP contribution is -2.10. The molecule has 0 radical (unpaired) electrons. The van der Waals surface area contributed by atoms with Crippen LogP contribution < -0.4 is 5.32 Å². The van der Waals surface area contributed by atoms with E-state index in [9.17, 15) is 13.2 Å². The van der Waals surface area contributed by atoms with Crippen LogP contribution in [0.3, 0.4) is 0 Å². The number of alkyl halides is 3. The summed E-state index contributed by atoms with van der Waals surface area (Å²) in [5.74, 6) is 0. The standard InChI is InChI=1S/C13H12F3N3/c1-9(12-8-17-5-6-18-12)19-11-4-2-3-10(7-11)13(14,15)16/h2-9,19H,1H3. The Labute approximate surface area is 108 Å². The van der Waals surface area contributed by atoms with Crippen molar-refractivity contribution in [3.05, 3.63) is 54.1 Å². The summed E-state index contributed by atoms with van der Waals surface area (Å²) >= 11 is 0. The normalized spacial score (nSPS) is 13.1. The van der Waals surface area contributed by atoms with Gasteiger partial charge in [0, 0.05) is 18.1 Å². The highest BCUT2D eigenvalue weighted by molar-refractivity contribution is 5.47. The molecule has 1 atom stereocenters. The molecule has 100 valence electrons. The lowest BCUT2D eigenvalue weighted by Gasteiger charge is -2.15. The van der Waals surface area contributed by atoms with Crippen LogP contribution in [0.15, 0.2) is 42.9 Å². The first-order chi connectivity index (χ1) is 8.97. The minimum Gasteiger partial charge on any atom is -0.377 e. The topological polar surface area (TPSA) is 37.8 Å². The molecular weight excluding hydrogens is 255 g/mol. The van der Waals surface area contributed by atoms with Gasteiger partial charge in [0.05, 0.1) is 23.5 Å². The first kappa shape index (κ1) is 13.3. The summed E-state index contributed by atoms with van der Waals surface area (Å²) in [6.07, 6.45) is 0.318. The van der Waals surface area contributed by atoms with Crippen molar-refractivity contribution in [1.82, 2.24) is 9.97 Å². The molecule has 2 rings (SSSR count). The lowest BCUT2D eigenvalue weighted by atomic mass is 10.1. The van der Waals surface area contributed by atoms with Gasteiger partial charge in [0.15, 0.2) is 0 Å². The van der Waals surface area contributed by atoms with E-state index in [1.807, 2.05) is 6.92 Å². The van der Waals surface area contributed by atoms with Gasteiger partial charge in [0.25, 0.3) is 0 Å². The molecule has 19 heavy (non-hydrogen) atoms. The SMILES string of the molecule is CC(Nc1cccc(C(F)(F)F)c1)c1cnccn1. The van der Waals surface area contributed by atoms with Crippen molar-refractivity contribution in [2.45, 2.75) is 19.1 Å². The number of hydrogen-bond donors (Lipinski definition) is 1. The molecule has 0 aliphatic rings. The first-order valence-corrected chi connectivity index (χ1v) is 5.66. The van der Waals surface area contributed by atoms with Crippen molar-refractivity contribution in [2.75, 3.05) is 5.32 Å². The largest absolute Gasteiger partial charge is 0.416 e. The van der Waals surface area contributed by atoms with E-state index >= 15 is 0 Å². The number of rotatable bonds is 3. The Bertz CT molecular complexity index is 540. The third-order valence-corrected chi connectivity index (χ3v) is 2.60. The van der Waals surface area contributed by atoms with E-state index in [0.29, 0.717) is 11.4 Å². The number of halogens is 3. The summed E-state index contributed by atoms with van der Waals surface area (Å²) in [5, 5.41) is 2.97. The van der Waals surface area contributed by atoms with Crippen LogP contribution >= 0.6 is 0 Å². The molecule has 1 N–H and O–H groups in total. The molecular formula is C13H12F3N3. The van der Waals surface area contributed by atoms with Crippen LogP contribution in [0.2, 0.25) is 0 Å². The van der Waals surface area contributed by atoms with Crippen molar-refractivity contribution in [3.8, 4) is 0 Å². The Morgan fingerprint density at radius 2 is 2.00 bits per heavy atom. The quantitative estimate of drug-likeness (QED) is 0.922. The fourth-order valence-corrected chi connectivity index (χ4v) is 1.64. The number of benzene rings is 1. The van der Waals surface area contributed by atoms with Gasteiger partial charge < -0.3 is 5.32 Å². The maximum Gasteiger partial charge on any atom is 0.416 e. The molecule has 0 aliphatic heterocycles. The van der Waals surface area contributed by atoms with Crippen molar-refractivity contribution in [1.29, 1.82) is 0 Å². The van der Waals surface area contributed by atoms with Crippen LogP contribution in [0.5, 0.6) is 0 Å². The predicted molar refractivity (Wildman–Crippen MR) is 65.5 cm³/mol. The summed E-state index contributed by atoms with van der Waals surface area (Å²) < 4.78 is 37.7. The summed E-state index contributed by atoms with van der Waals surface area (Å²) in [7, 11) is 0. The molecule has 1 aromatic carbocycles. The predicted octanol–water partition coefficient (Wildman–Crippen LogP) is 3.67. The number of aromatic nitrogens is 2. The van der Waals surface area contributed by atoms with E-state index in [-0.39, 0.29) is 6.04 Å². The highest BCUT2D eigenvalue weighted by atomic mass is 19.4. The fraction of sp³-hybridized carbons (Fsp3) is 0.231. The van der Waals surface area contributed by atoms with Crippen molar-refractivity contribution >= 4 is 5.69 Å². The van der Waals surface area contributed by atoms with Gasteiger partial charge in [-0.2, -0.15) is 13.2 Å². The van der Waals surface area contributed by atoms with Crippen LogP contribution in [-0.2, 0) is 6.18 Å². The molecule has 3 nitrogen and oxygen atoms in total. The third-order valence-electron chi connectivity index (χ3n) is 2.60. The number of anilines is 1. The minimum atomic E-state index is -4.34. The van der Waals surface area contributed by atoms with Crippen LogP contribution in [-0.4, -0.2) is 9.97 Å². The maximum atomic E-state index is 12.6. The van der Waals surface area contributed by atoms with Gasteiger partial charge in [0.1, 0.15) is 0 Å². The molecule has 0 saturated heterocycles. The second kappa shape index (κ2) is 5.26. The number of hydrogen-bond acceptors (Lipinski definition) is 3. The Balaban J connectivity index is 2.16. The van der Waals surface area contributed by atoms with Gasteiger partial charge in [-0.25, -0.2) is 0 Å². The minimum absolute atomic E-state index is 0.225. The average molecular weight is 267 g/mol. The smallest absolute Gasteiger partial charge is 0.377 e. The molecule has 0 spiro atoms. The van der Waals surface area contributed by atoms with Gasteiger partial charge in [-0.15, -0.1) is 0 Å². The maximum absolute atomic E-state index is 12.6. The monoisotopic (exact) mass is 267 g/mol. The average Bonchev–Trinajstić information content (AvgIpc) is 2.39. The molecule has 0 amide bonds. The summed E-state index contributed by atoms with van der Waals surface area (Å²) in [6, 6.07) is 4.85. The molecule has 2 aromatic rings. The second-order valence-electron chi connectivity index (χ2n) is 4.07. The van der Waals surface area contributed by atoms with E-state index in [1.165, 1.54) is 6.07 Å². The zero-order valence-corrected chi connectivity index (χ0v) is 10.1. The van der Waals surface area contributed by atoms with E-state index < -0.39 is 11.7 Å². The third kappa shape index (κ3) is 3.43. The number of nitrogens with one attached hydrogen (secondary N) is 1. The van der Waals surface area contributed by atoms with E-state index in [1.54, 1.807) is 24.7 Å². The molecule has 0 fully saturated rings. The second-order valence-corrected chi connectivity index (χ2v) is 4.07. The molecule has 0 aliphatic carbocycles. The van der Waals surface area contributed by atoms with Crippen molar-refractivity contribution < 1.29 is 13.2 Å². The van der Waals surface area contributed by atoms with E-state index in [4.69, 9.17) is 0 Å². The van der Waals surface area contributed by atoms with Crippen molar-refractivity contribution in [3.63, 3.8) is 0 Å². The van der Waals surface area contributed by atoms with Gasteiger partial charge in [-0.1, -0.05) is 6.07 Å². The Morgan fingerprint density at radius 1 is 1.21 bits per heavy atom. The zero-order valence-electron chi connectivity index (χ0n) is 10.1. The van der Waals surface area contributed by atoms with Crippen LogP contribution in [0.4, 0.5) is 18.9 Å². The molecule has 1 heterocycles. The molecule has 1 aromatic heterocycles. The van der Waals surface area contributed by atoms with Gasteiger partial charge >= 0.3 is 6.18 Å². The molecule has 0 saturated carbocycles. The van der Waals surface area contributed by atoms with Crippen LogP contribution in [0, 0.1) is 0 Å². The molecule has 6 heteroatoms. The van der Waals surface area contributed by atoms with Crippen LogP contribution in [0.1, 0.15) is 24.2 Å². The van der Waals surface area contributed by atoms with Crippen molar-refractivity contribution in [2.24, 2.45) is 0 Å². The van der Waals surface area contributed by atoms with Gasteiger partial charge in [-0.3, -0.25) is 9.97 Å². The fourth-order valence-electron chi connectivity index (χ4n) is 1.64. The lowest BCUT2D eigenvalue weighted by molar-refractivity contribution is -0.137. The summed E-state index contributed by atoms with van der Waals surface area (Å²) in [5.41, 5.74) is 0.386. The number of nitrogens with zero attached hydrogens (tertiary/aromatic N) is 2. The summed E-state index contributed by atoms with van der Waals surface area (Å²) in [4.78, 5) is 8.02. The Morgan fingerprint density at radius 3 is 2.63 bits per heavy atom. The van der Waals surface area contributed by atoms with Gasteiger partial charge in [-0.05, 0) is 25.1 Å². The first-order valence-electron chi connectivity index (χ1n) is 5.66. The molecule has 1 unspecified atom stereocenters.